The molecule has 0 saturated carbocycles. The van der Waals surface area contributed by atoms with Crippen molar-refractivity contribution in [3.63, 3.8) is 0 Å². The zero-order valence-corrected chi connectivity index (χ0v) is 8.43. The van der Waals surface area contributed by atoms with Gasteiger partial charge in [0, 0.05) is 4.88 Å². The molecule has 0 spiro atoms. The van der Waals surface area contributed by atoms with E-state index in [1.165, 1.54) is 11.3 Å². The molecule has 0 atom stereocenters. The van der Waals surface area contributed by atoms with E-state index in [4.69, 9.17) is 9.84 Å². The number of aromatic carboxylic acids is 1. The van der Waals surface area contributed by atoms with E-state index >= 15 is 0 Å². The van der Waals surface area contributed by atoms with E-state index in [1.807, 2.05) is 13.8 Å². The second-order valence-corrected chi connectivity index (χ2v) is 3.92. The van der Waals surface area contributed by atoms with Crippen molar-refractivity contribution in [3.8, 4) is 0 Å². The number of hydrogen-bond acceptors (Lipinski definition) is 3. The van der Waals surface area contributed by atoms with E-state index in [0.717, 1.165) is 4.88 Å². The fourth-order valence-electron chi connectivity index (χ4n) is 0.885. The molecule has 0 saturated heterocycles. The molecule has 0 amide bonds. The lowest BCUT2D eigenvalue weighted by molar-refractivity contribution is 0.0620. The van der Waals surface area contributed by atoms with E-state index in [2.05, 4.69) is 0 Å². The largest absolute Gasteiger partial charge is 0.478 e. The molecule has 0 unspecified atom stereocenters. The van der Waals surface area contributed by atoms with Crippen molar-refractivity contribution < 1.29 is 14.6 Å². The van der Waals surface area contributed by atoms with Gasteiger partial charge in [0.2, 0.25) is 0 Å². The Balaban J connectivity index is 2.65. The van der Waals surface area contributed by atoms with Crippen molar-refractivity contribution in [2.24, 2.45) is 0 Å². The van der Waals surface area contributed by atoms with Crippen molar-refractivity contribution >= 4 is 17.3 Å². The van der Waals surface area contributed by atoms with E-state index in [9.17, 15) is 4.79 Å². The lowest BCUT2D eigenvalue weighted by Gasteiger charge is -2.06. The average molecular weight is 200 g/mol. The smallest absolute Gasteiger partial charge is 0.336 e. The zero-order valence-electron chi connectivity index (χ0n) is 7.61. The Kier molecular flexibility index (Phi) is 3.45. The molecule has 0 radical (unpaired) electrons. The first-order chi connectivity index (χ1) is 6.11. The van der Waals surface area contributed by atoms with E-state index in [-0.39, 0.29) is 6.10 Å². The summed E-state index contributed by atoms with van der Waals surface area (Å²) in [5, 5.41) is 10.5. The van der Waals surface area contributed by atoms with Gasteiger partial charge in [-0.15, -0.1) is 11.3 Å². The Morgan fingerprint density at radius 3 is 2.92 bits per heavy atom. The maximum atomic E-state index is 10.7. The minimum Gasteiger partial charge on any atom is -0.478 e. The van der Waals surface area contributed by atoms with Crippen LogP contribution in [0.2, 0.25) is 0 Å². The lowest BCUT2D eigenvalue weighted by Crippen LogP contribution is -2.04. The molecule has 0 aromatic carbocycles. The summed E-state index contributed by atoms with van der Waals surface area (Å²) >= 11 is 1.41. The molecular weight excluding hydrogens is 188 g/mol. The Hall–Kier alpha value is -0.870. The first-order valence-electron chi connectivity index (χ1n) is 4.02. The number of carbonyl (C=O) groups is 1. The first kappa shape index (κ1) is 10.2. The molecule has 1 heterocycles. The minimum absolute atomic E-state index is 0.128. The average Bonchev–Trinajstić information content (AvgIpc) is 2.47. The summed E-state index contributed by atoms with van der Waals surface area (Å²) in [6.45, 7) is 4.24. The quantitative estimate of drug-likeness (QED) is 0.811. The van der Waals surface area contributed by atoms with Gasteiger partial charge in [0.05, 0.1) is 18.3 Å². The third-order valence-corrected chi connectivity index (χ3v) is 2.42. The van der Waals surface area contributed by atoms with Crippen LogP contribution in [0.4, 0.5) is 0 Å². The molecule has 0 aliphatic carbocycles. The first-order valence-corrected chi connectivity index (χ1v) is 4.90. The highest BCUT2D eigenvalue weighted by molar-refractivity contribution is 7.10. The highest BCUT2D eigenvalue weighted by Gasteiger charge is 2.11. The Labute approximate surface area is 81.0 Å². The molecule has 0 fully saturated rings. The standard InChI is InChI=1S/C9H12O3S/c1-6(2)12-5-8-7(9(10)11)3-4-13-8/h3-4,6H,5H2,1-2H3,(H,10,11). The summed E-state index contributed by atoms with van der Waals surface area (Å²) in [5.41, 5.74) is 0.352. The van der Waals surface area contributed by atoms with Crippen LogP contribution in [0, 0.1) is 0 Å². The minimum atomic E-state index is -0.886. The SMILES string of the molecule is CC(C)OCc1sccc1C(=O)O. The number of carboxylic acid groups (broad SMARTS) is 1. The van der Waals surface area contributed by atoms with Crippen LogP contribution in [0.25, 0.3) is 0 Å². The zero-order chi connectivity index (χ0) is 9.84. The molecule has 13 heavy (non-hydrogen) atoms. The Morgan fingerprint density at radius 2 is 2.38 bits per heavy atom. The number of rotatable bonds is 4. The lowest BCUT2D eigenvalue weighted by atomic mass is 10.3. The van der Waals surface area contributed by atoms with Crippen molar-refractivity contribution in [1.29, 1.82) is 0 Å². The molecule has 4 heteroatoms. The second-order valence-electron chi connectivity index (χ2n) is 2.92. The Morgan fingerprint density at radius 1 is 1.69 bits per heavy atom. The molecule has 72 valence electrons. The number of ether oxygens (including phenoxy) is 1. The molecular formula is C9H12O3S. The van der Waals surface area contributed by atoms with Crippen LogP contribution in [0.15, 0.2) is 11.4 Å². The van der Waals surface area contributed by atoms with Crippen LogP contribution in [-0.2, 0) is 11.3 Å². The van der Waals surface area contributed by atoms with Crippen LogP contribution < -0.4 is 0 Å². The monoisotopic (exact) mass is 200 g/mol. The maximum Gasteiger partial charge on any atom is 0.336 e. The summed E-state index contributed by atoms with van der Waals surface area (Å²) < 4.78 is 5.32. The highest BCUT2D eigenvalue weighted by atomic mass is 32.1. The molecule has 1 aromatic heterocycles. The van der Waals surface area contributed by atoms with Crippen LogP contribution in [0.3, 0.4) is 0 Å². The van der Waals surface area contributed by atoms with E-state index < -0.39 is 5.97 Å². The third-order valence-electron chi connectivity index (χ3n) is 1.52. The topological polar surface area (TPSA) is 46.5 Å². The fraction of sp³-hybridized carbons (Fsp3) is 0.444. The van der Waals surface area contributed by atoms with Crippen LogP contribution in [-0.4, -0.2) is 17.2 Å². The van der Waals surface area contributed by atoms with Crippen molar-refractivity contribution in [3.05, 3.63) is 21.9 Å². The summed E-state index contributed by atoms with van der Waals surface area (Å²) in [4.78, 5) is 11.5. The molecule has 0 bridgehead atoms. The van der Waals surface area contributed by atoms with Crippen molar-refractivity contribution in [2.75, 3.05) is 0 Å². The number of thiophene rings is 1. The van der Waals surface area contributed by atoms with Crippen molar-refractivity contribution in [1.82, 2.24) is 0 Å². The Bertz CT molecular complexity index is 291. The molecule has 0 aliphatic heterocycles. The normalized spacial score (nSPS) is 10.7. The van der Waals surface area contributed by atoms with Gasteiger partial charge in [0.25, 0.3) is 0 Å². The predicted molar refractivity (Wildman–Crippen MR) is 51.2 cm³/mol. The summed E-state index contributed by atoms with van der Waals surface area (Å²) in [6, 6.07) is 1.60. The van der Waals surface area contributed by atoms with Gasteiger partial charge in [0.1, 0.15) is 0 Å². The van der Waals surface area contributed by atoms with Crippen LogP contribution >= 0.6 is 11.3 Å². The molecule has 1 N–H and O–H groups in total. The van der Waals surface area contributed by atoms with Crippen LogP contribution in [0.1, 0.15) is 29.1 Å². The fourth-order valence-corrected chi connectivity index (χ4v) is 1.67. The summed E-state index contributed by atoms with van der Waals surface area (Å²) in [7, 11) is 0. The van der Waals surface area contributed by atoms with Gasteiger partial charge in [-0.25, -0.2) is 4.79 Å². The third kappa shape index (κ3) is 2.82. The molecule has 1 aromatic rings. The maximum absolute atomic E-state index is 10.7. The second kappa shape index (κ2) is 4.39. The number of hydrogen-bond donors (Lipinski definition) is 1. The predicted octanol–water partition coefficient (Wildman–Crippen LogP) is 2.37. The van der Waals surface area contributed by atoms with Gasteiger partial charge in [-0.05, 0) is 25.3 Å². The van der Waals surface area contributed by atoms with Gasteiger partial charge in [0.15, 0.2) is 0 Å². The van der Waals surface area contributed by atoms with Crippen LogP contribution in [0.5, 0.6) is 0 Å². The molecule has 1 rings (SSSR count). The van der Waals surface area contributed by atoms with Crippen molar-refractivity contribution in [2.45, 2.75) is 26.6 Å². The van der Waals surface area contributed by atoms with Gasteiger partial charge in [-0.1, -0.05) is 0 Å². The molecule has 3 nitrogen and oxygen atoms in total. The van der Waals surface area contributed by atoms with Gasteiger partial charge < -0.3 is 9.84 Å². The van der Waals surface area contributed by atoms with E-state index in [1.54, 1.807) is 11.4 Å². The van der Waals surface area contributed by atoms with Gasteiger partial charge >= 0.3 is 5.97 Å². The molecule has 0 aliphatic rings. The summed E-state index contributed by atoms with van der Waals surface area (Å²) in [6.07, 6.45) is 0.128. The van der Waals surface area contributed by atoms with Gasteiger partial charge in [-0.3, -0.25) is 0 Å². The van der Waals surface area contributed by atoms with Gasteiger partial charge in [-0.2, -0.15) is 0 Å². The highest BCUT2D eigenvalue weighted by Crippen LogP contribution is 2.18. The number of carboxylic acids is 1. The summed E-state index contributed by atoms with van der Waals surface area (Å²) in [5.74, 6) is -0.886. The van der Waals surface area contributed by atoms with E-state index in [0.29, 0.717) is 12.2 Å².